The maximum absolute atomic E-state index is 5.56. The summed E-state index contributed by atoms with van der Waals surface area (Å²) in [6, 6.07) is 8.18. The molecular weight excluding hydrogens is 268 g/mol. The number of ether oxygens (including phenoxy) is 1. The monoisotopic (exact) mass is 290 g/mol. The molecule has 2 aromatic rings. The minimum absolute atomic E-state index is 0.688. The minimum Gasteiger partial charge on any atom is -0.494 e. The highest BCUT2D eigenvalue weighted by Crippen LogP contribution is 2.30. The number of hydrogen-bond acceptors (Lipinski definition) is 4. The third-order valence-electron chi connectivity index (χ3n) is 3.04. The van der Waals surface area contributed by atoms with E-state index in [9.17, 15) is 0 Å². The lowest BCUT2D eigenvalue weighted by Gasteiger charge is -2.03. The van der Waals surface area contributed by atoms with Crippen LogP contribution in [0.4, 0.5) is 0 Å². The fraction of sp³-hybridized carbons (Fsp3) is 0.438. The van der Waals surface area contributed by atoms with Gasteiger partial charge in [0.2, 0.25) is 0 Å². The molecule has 0 radical (unpaired) electrons. The van der Waals surface area contributed by atoms with E-state index >= 15 is 0 Å². The molecule has 0 unspecified atom stereocenters. The summed E-state index contributed by atoms with van der Waals surface area (Å²) in [7, 11) is 0. The summed E-state index contributed by atoms with van der Waals surface area (Å²) in [5.41, 5.74) is 2.34. The van der Waals surface area contributed by atoms with Gasteiger partial charge >= 0.3 is 0 Å². The second-order valence-corrected chi connectivity index (χ2v) is 5.57. The molecule has 0 atom stereocenters. The molecule has 0 spiro atoms. The lowest BCUT2D eigenvalue weighted by molar-refractivity contribution is 0.340. The second-order valence-electron chi connectivity index (χ2n) is 4.48. The normalized spacial score (nSPS) is 10.8. The highest BCUT2D eigenvalue weighted by atomic mass is 32.1. The summed E-state index contributed by atoms with van der Waals surface area (Å²) >= 11 is 1.77. The maximum Gasteiger partial charge on any atom is 0.124 e. The van der Waals surface area contributed by atoms with Crippen LogP contribution in [0.1, 0.15) is 31.3 Å². The van der Waals surface area contributed by atoms with Crippen LogP contribution in [-0.2, 0) is 13.0 Å². The van der Waals surface area contributed by atoms with Gasteiger partial charge in [-0.2, -0.15) is 0 Å². The van der Waals surface area contributed by atoms with Crippen LogP contribution in [0.25, 0.3) is 10.6 Å². The molecule has 0 bridgehead atoms. The van der Waals surface area contributed by atoms with Crippen LogP contribution in [0, 0.1) is 0 Å². The first kappa shape index (κ1) is 15.0. The number of hydrogen-bond donors (Lipinski definition) is 1. The summed E-state index contributed by atoms with van der Waals surface area (Å²) in [6.07, 6.45) is 0.975. The first-order valence-corrected chi connectivity index (χ1v) is 8.02. The van der Waals surface area contributed by atoms with Crippen LogP contribution in [0.3, 0.4) is 0 Å². The first-order chi connectivity index (χ1) is 9.78. The van der Waals surface area contributed by atoms with E-state index in [4.69, 9.17) is 9.72 Å². The van der Waals surface area contributed by atoms with Gasteiger partial charge in [0.15, 0.2) is 0 Å². The number of aryl methyl sites for hydroxylation is 1. The molecule has 20 heavy (non-hydrogen) atoms. The van der Waals surface area contributed by atoms with Crippen LogP contribution < -0.4 is 10.1 Å². The van der Waals surface area contributed by atoms with E-state index in [1.54, 1.807) is 11.3 Å². The SMILES string of the molecule is CCNCc1sc(-c2cccc(OCC)c2)nc1CC. The molecule has 0 saturated carbocycles. The van der Waals surface area contributed by atoms with Gasteiger partial charge in [0.25, 0.3) is 0 Å². The van der Waals surface area contributed by atoms with Crippen LogP contribution >= 0.6 is 11.3 Å². The topological polar surface area (TPSA) is 34.1 Å². The third-order valence-corrected chi connectivity index (χ3v) is 4.19. The standard InChI is InChI=1S/C16H22N2OS/c1-4-14-15(11-17-5-2)20-16(18-14)12-8-7-9-13(10-12)19-6-3/h7-10,17H,4-6,11H2,1-3H3. The quantitative estimate of drug-likeness (QED) is 0.840. The molecule has 0 aliphatic carbocycles. The summed E-state index contributed by atoms with van der Waals surface area (Å²) < 4.78 is 5.56. The van der Waals surface area contributed by atoms with Gasteiger partial charge in [-0.3, -0.25) is 0 Å². The molecule has 0 aliphatic rings. The van der Waals surface area contributed by atoms with E-state index < -0.39 is 0 Å². The summed E-state index contributed by atoms with van der Waals surface area (Å²) in [4.78, 5) is 6.12. The Kier molecular flexibility index (Phi) is 5.56. The molecule has 1 aromatic carbocycles. The fourth-order valence-corrected chi connectivity index (χ4v) is 3.16. The van der Waals surface area contributed by atoms with Crippen molar-refractivity contribution in [2.24, 2.45) is 0 Å². The van der Waals surface area contributed by atoms with Gasteiger partial charge in [-0.15, -0.1) is 11.3 Å². The Bertz CT molecular complexity index is 551. The smallest absolute Gasteiger partial charge is 0.124 e. The molecular formula is C16H22N2OS. The zero-order chi connectivity index (χ0) is 14.4. The Morgan fingerprint density at radius 1 is 1.25 bits per heavy atom. The number of rotatable bonds is 7. The van der Waals surface area contributed by atoms with Crippen LogP contribution in [0.15, 0.2) is 24.3 Å². The van der Waals surface area contributed by atoms with Crippen molar-refractivity contribution in [1.29, 1.82) is 0 Å². The Morgan fingerprint density at radius 2 is 2.10 bits per heavy atom. The van der Waals surface area contributed by atoms with Crippen molar-refractivity contribution in [2.75, 3.05) is 13.2 Å². The average Bonchev–Trinajstić information content (AvgIpc) is 2.89. The van der Waals surface area contributed by atoms with Gasteiger partial charge in [-0.25, -0.2) is 4.98 Å². The third kappa shape index (κ3) is 3.58. The van der Waals surface area contributed by atoms with Gasteiger partial charge in [-0.05, 0) is 32.0 Å². The molecule has 1 N–H and O–H groups in total. The van der Waals surface area contributed by atoms with Gasteiger partial charge in [0, 0.05) is 17.0 Å². The van der Waals surface area contributed by atoms with E-state index in [2.05, 4.69) is 31.3 Å². The van der Waals surface area contributed by atoms with Crippen molar-refractivity contribution in [2.45, 2.75) is 33.7 Å². The number of aromatic nitrogens is 1. The van der Waals surface area contributed by atoms with Crippen molar-refractivity contribution in [3.05, 3.63) is 34.8 Å². The lowest BCUT2D eigenvalue weighted by atomic mass is 10.2. The molecule has 0 saturated heterocycles. The van der Waals surface area contributed by atoms with Crippen LogP contribution in [0.2, 0.25) is 0 Å². The Balaban J connectivity index is 2.27. The molecule has 0 amide bonds. The van der Waals surface area contributed by atoms with Gasteiger partial charge in [0.05, 0.1) is 12.3 Å². The Hall–Kier alpha value is -1.39. The summed E-state index contributed by atoms with van der Waals surface area (Å²) in [5, 5.41) is 4.46. The van der Waals surface area contributed by atoms with E-state index in [0.717, 1.165) is 35.8 Å². The van der Waals surface area contributed by atoms with Crippen molar-refractivity contribution < 1.29 is 4.74 Å². The first-order valence-electron chi connectivity index (χ1n) is 7.21. The van der Waals surface area contributed by atoms with Gasteiger partial charge < -0.3 is 10.1 Å². The van der Waals surface area contributed by atoms with Crippen molar-refractivity contribution >= 4 is 11.3 Å². The zero-order valence-corrected chi connectivity index (χ0v) is 13.2. The highest BCUT2D eigenvalue weighted by molar-refractivity contribution is 7.15. The average molecular weight is 290 g/mol. The fourth-order valence-electron chi connectivity index (χ4n) is 2.05. The van der Waals surface area contributed by atoms with Crippen molar-refractivity contribution in [3.8, 4) is 16.3 Å². The molecule has 108 valence electrons. The molecule has 1 aromatic heterocycles. The van der Waals surface area contributed by atoms with Crippen LogP contribution in [0.5, 0.6) is 5.75 Å². The molecule has 3 nitrogen and oxygen atoms in total. The predicted molar refractivity (Wildman–Crippen MR) is 85.5 cm³/mol. The van der Waals surface area contributed by atoms with E-state index in [0.29, 0.717) is 6.61 Å². The molecule has 2 rings (SSSR count). The summed E-state index contributed by atoms with van der Waals surface area (Å²) in [5.74, 6) is 0.909. The Labute approximate surface area is 125 Å². The molecule has 0 fully saturated rings. The van der Waals surface area contributed by atoms with Crippen molar-refractivity contribution in [1.82, 2.24) is 10.3 Å². The zero-order valence-electron chi connectivity index (χ0n) is 12.4. The maximum atomic E-state index is 5.56. The van der Waals surface area contributed by atoms with Gasteiger partial charge in [0.1, 0.15) is 10.8 Å². The number of thiazole rings is 1. The number of nitrogens with one attached hydrogen (secondary N) is 1. The minimum atomic E-state index is 0.688. The highest BCUT2D eigenvalue weighted by Gasteiger charge is 2.11. The predicted octanol–water partition coefficient (Wildman–Crippen LogP) is 3.88. The van der Waals surface area contributed by atoms with E-state index in [1.165, 1.54) is 10.6 Å². The molecule has 4 heteroatoms. The van der Waals surface area contributed by atoms with Gasteiger partial charge in [-0.1, -0.05) is 26.0 Å². The number of benzene rings is 1. The molecule has 0 aliphatic heterocycles. The second kappa shape index (κ2) is 7.41. The van der Waals surface area contributed by atoms with Crippen molar-refractivity contribution in [3.63, 3.8) is 0 Å². The molecule has 1 heterocycles. The largest absolute Gasteiger partial charge is 0.494 e. The Morgan fingerprint density at radius 3 is 2.80 bits per heavy atom. The van der Waals surface area contributed by atoms with E-state index in [1.807, 2.05) is 19.1 Å². The van der Waals surface area contributed by atoms with E-state index in [-0.39, 0.29) is 0 Å². The van der Waals surface area contributed by atoms with Crippen LogP contribution in [-0.4, -0.2) is 18.1 Å². The number of nitrogens with zero attached hydrogens (tertiary/aromatic N) is 1. The summed E-state index contributed by atoms with van der Waals surface area (Å²) in [6.45, 7) is 8.86. The lowest BCUT2D eigenvalue weighted by Crippen LogP contribution is -2.11.